The van der Waals surface area contributed by atoms with E-state index in [1.54, 1.807) is 44.6 Å². The maximum atomic E-state index is 12.4. The van der Waals surface area contributed by atoms with Gasteiger partial charge in [0, 0.05) is 6.07 Å². The highest BCUT2D eigenvalue weighted by Crippen LogP contribution is 2.35. The van der Waals surface area contributed by atoms with Gasteiger partial charge in [-0.1, -0.05) is 56.6 Å². The molecule has 3 aromatic carbocycles. The Labute approximate surface area is 273 Å². The van der Waals surface area contributed by atoms with Gasteiger partial charge in [-0.25, -0.2) is 9.98 Å². The molecule has 15 heteroatoms. The van der Waals surface area contributed by atoms with E-state index >= 15 is 0 Å². The van der Waals surface area contributed by atoms with Crippen molar-refractivity contribution in [3.63, 3.8) is 0 Å². The van der Waals surface area contributed by atoms with Crippen LogP contribution in [0.4, 0.5) is 24.5 Å². The fourth-order valence-electron chi connectivity index (χ4n) is 4.01. The fourth-order valence-corrected chi connectivity index (χ4v) is 4.84. The highest BCUT2D eigenvalue weighted by molar-refractivity contribution is 8.13. The van der Waals surface area contributed by atoms with Gasteiger partial charge in [0.25, 0.3) is 0 Å². The summed E-state index contributed by atoms with van der Waals surface area (Å²) in [6.45, 7) is 5.49. The van der Waals surface area contributed by atoms with Crippen molar-refractivity contribution in [2.75, 3.05) is 18.1 Å². The first kappa shape index (κ1) is 34.6. The first-order chi connectivity index (χ1) is 22.0. The van der Waals surface area contributed by atoms with Gasteiger partial charge in [-0.05, 0) is 65.2 Å². The average molecular weight is 677 g/mol. The molecule has 0 bridgehead atoms. The van der Waals surface area contributed by atoms with Crippen LogP contribution in [0.5, 0.6) is 11.5 Å². The van der Waals surface area contributed by atoms with Gasteiger partial charge < -0.3 is 14.2 Å². The third kappa shape index (κ3) is 9.86. The Bertz CT molecular complexity index is 1580. The fraction of sp³-hybridized carbons (Fsp3) is 0.290. The molecule has 10 nitrogen and oxygen atoms in total. The van der Waals surface area contributed by atoms with Gasteiger partial charge in [0.2, 0.25) is 0 Å². The number of anilines is 1. The molecule has 1 aliphatic heterocycles. The number of nitrogens with one attached hydrogen (secondary N) is 2. The number of hydrogen-bond acceptors (Lipinski definition) is 10. The van der Waals surface area contributed by atoms with Crippen LogP contribution in [0.1, 0.15) is 43.6 Å². The van der Waals surface area contributed by atoms with E-state index in [0.717, 1.165) is 28.5 Å². The van der Waals surface area contributed by atoms with E-state index in [0.29, 0.717) is 33.7 Å². The number of amidine groups is 1. The number of alkyl halides is 3. The number of methoxy groups -OCH3 is 1. The lowest BCUT2D eigenvalue weighted by Gasteiger charge is -2.18. The zero-order chi connectivity index (χ0) is 33.3. The highest BCUT2D eigenvalue weighted by Gasteiger charge is 2.31. The molecular formula is C31H32ClF3N6O4S. The quantitative estimate of drug-likeness (QED) is 0.0713. The van der Waals surface area contributed by atoms with Crippen LogP contribution in [0.25, 0.3) is 0 Å². The monoisotopic (exact) mass is 676 g/mol. The minimum Gasteiger partial charge on any atom is -0.497 e. The number of esters is 1. The van der Waals surface area contributed by atoms with E-state index < -0.39 is 12.5 Å². The molecule has 0 aliphatic carbocycles. The van der Waals surface area contributed by atoms with Crippen molar-refractivity contribution < 1.29 is 32.2 Å². The Morgan fingerprint density at radius 2 is 1.87 bits per heavy atom. The van der Waals surface area contributed by atoms with Gasteiger partial charge in [-0.3, -0.25) is 15.2 Å². The van der Waals surface area contributed by atoms with Crippen LogP contribution in [0.15, 0.2) is 75.7 Å². The Morgan fingerprint density at radius 3 is 2.50 bits per heavy atom. The lowest BCUT2D eigenvalue weighted by Crippen LogP contribution is -2.33. The third-order valence-electron chi connectivity index (χ3n) is 6.38. The van der Waals surface area contributed by atoms with Crippen LogP contribution in [-0.2, 0) is 16.0 Å². The van der Waals surface area contributed by atoms with Crippen molar-refractivity contribution in [2.24, 2.45) is 21.0 Å². The van der Waals surface area contributed by atoms with Crippen LogP contribution in [0.3, 0.4) is 0 Å². The van der Waals surface area contributed by atoms with E-state index in [-0.39, 0.29) is 23.6 Å². The van der Waals surface area contributed by atoms with Crippen molar-refractivity contribution in [1.82, 2.24) is 10.9 Å². The standard InChI is InChI=1S/C31H32ClF3N6O4S/c1-5-21-14-25(43-4)15-26(32)27(21)38-30(46-18-44-29(42)19(2)3)39-37-16-20-6-8-22(9-7-20)28-36-17-41(40-28)23-10-12-24(13-11-23)45-31(33,34)35/h6-17,19,28,40H,5,18H2,1-4H3,(H,38,39). The predicted octanol–water partition coefficient (Wildman–Crippen LogP) is 7.36. The Kier molecular flexibility index (Phi) is 11.9. The number of thioether (sulfide) groups is 1. The second-order valence-corrected chi connectivity index (χ2v) is 11.3. The van der Waals surface area contributed by atoms with E-state index in [9.17, 15) is 18.0 Å². The van der Waals surface area contributed by atoms with Gasteiger partial charge in [0.15, 0.2) is 5.17 Å². The number of carbonyl (C=O) groups is 1. The molecule has 1 atom stereocenters. The highest BCUT2D eigenvalue weighted by atomic mass is 35.5. The number of benzene rings is 3. The lowest BCUT2D eigenvalue weighted by molar-refractivity contribution is -0.274. The van der Waals surface area contributed by atoms with E-state index in [1.165, 1.54) is 24.3 Å². The molecule has 0 saturated carbocycles. The van der Waals surface area contributed by atoms with Gasteiger partial charge in [-0.2, -0.15) is 10.5 Å². The lowest BCUT2D eigenvalue weighted by atomic mass is 10.1. The number of hydrogen-bond donors (Lipinski definition) is 2. The van der Waals surface area contributed by atoms with E-state index in [4.69, 9.17) is 21.1 Å². The SMILES string of the molecule is CCc1cc(OC)cc(Cl)c1N=C(NN=Cc1ccc(C2N=CN(c3ccc(OC(F)(F)F)cc3)N2)cc1)SCOC(=O)C(C)C. The van der Waals surface area contributed by atoms with Crippen LogP contribution in [-0.4, -0.2) is 43.1 Å². The molecule has 1 aliphatic rings. The summed E-state index contributed by atoms with van der Waals surface area (Å²) >= 11 is 7.69. The molecule has 0 spiro atoms. The Hall–Kier alpha value is -4.27. The molecule has 4 rings (SSSR count). The molecule has 2 N–H and O–H groups in total. The normalized spacial score (nSPS) is 15.1. The first-order valence-corrected chi connectivity index (χ1v) is 15.4. The smallest absolute Gasteiger partial charge is 0.497 e. The second kappa shape index (κ2) is 15.8. The Balaban J connectivity index is 1.41. The van der Waals surface area contributed by atoms with Gasteiger partial charge >= 0.3 is 12.3 Å². The molecular weight excluding hydrogens is 645 g/mol. The summed E-state index contributed by atoms with van der Waals surface area (Å²) in [5, 5.41) is 6.71. The largest absolute Gasteiger partial charge is 0.573 e. The zero-order valence-corrected chi connectivity index (χ0v) is 26.9. The number of aliphatic imine (C=N–C) groups is 2. The van der Waals surface area contributed by atoms with Crippen molar-refractivity contribution >= 4 is 58.4 Å². The Morgan fingerprint density at radius 1 is 1.15 bits per heavy atom. The summed E-state index contributed by atoms with van der Waals surface area (Å²) in [6.07, 6.45) is -1.33. The summed E-state index contributed by atoms with van der Waals surface area (Å²) < 4.78 is 51.9. The van der Waals surface area contributed by atoms with Gasteiger partial charge in [0.1, 0.15) is 29.9 Å². The number of hydrazone groups is 1. The number of hydrazine groups is 1. The number of carbonyl (C=O) groups excluding carboxylic acids is 1. The van der Waals surface area contributed by atoms with Crippen LogP contribution in [0, 0.1) is 5.92 Å². The van der Waals surface area contributed by atoms with Crippen LogP contribution >= 0.6 is 23.4 Å². The number of halogens is 4. The molecule has 0 radical (unpaired) electrons. The molecule has 0 saturated heterocycles. The van der Waals surface area contributed by atoms with Crippen molar-refractivity contribution in [2.45, 2.75) is 39.7 Å². The maximum Gasteiger partial charge on any atom is 0.573 e. The summed E-state index contributed by atoms with van der Waals surface area (Å²) in [6, 6.07) is 16.4. The average Bonchev–Trinajstić information content (AvgIpc) is 3.52. The summed E-state index contributed by atoms with van der Waals surface area (Å²) in [5.41, 5.74) is 9.75. The molecule has 0 fully saturated rings. The van der Waals surface area contributed by atoms with E-state index in [1.807, 2.05) is 37.3 Å². The predicted molar refractivity (Wildman–Crippen MR) is 175 cm³/mol. The second-order valence-electron chi connectivity index (χ2n) is 10.0. The third-order valence-corrected chi connectivity index (χ3v) is 7.36. The van der Waals surface area contributed by atoms with Crippen molar-refractivity contribution in [1.29, 1.82) is 0 Å². The molecule has 1 heterocycles. The number of ether oxygens (including phenoxy) is 3. The molecule has 244 valence electrons. The van der Waals surface area contributed by atoms with Gasteiger partial charge in [0.05, 0.1) is 35.6 Å². The molecule has 46 heavy (non-hydrogen) atoms. The van der Waals surface area contributed by atoms with Gasteiger partial charge in [-0.15, -0.1) is 13.2 Å². The minimum atomic E-state index is -4.75. The topological polar surface area (TPSA) is 109 Å². The molecule has 3 aromatic rings. The van der Waals surface area contributed by atoms with E-state index in [2.05, 4.69) is 30.7 Å². The molecule has 0 aromatic heterocycles. The van der Waals surface area contributed by atoms with Crippen LogP contribution < -0.4 is 25.3 Å². The van der Waals surface area contributed by atoms with Crippen LogP contribution in [0.2, 0.25) is 5.02 Å². The number of rotatable bonds is 11. The number of aryl methyl sites for hydroxylation is 1. The summed E-state index contributed by atoms with van der Waals surface area (Å²) in [7, 11) is 1.57. The summed E-state index contributed by atoms with van der Waals surface area (Å²) in [5.74, 6) is -0.253. The first-order valence-electron chi connectivity index (χ1n) is 14.0. The van der Waals surface area contributed by atoms with Crippen molar-refractivity contribution in [3.8, 4) is 11.5 Å². The van der Waals surface area contributed by atoms with Crippen molar-refractivity contribution in [3.05, 3.63) is 82.4 Å². The maximum absolute atomic E-state index is 12.4. The zero-order valence-electron chi connectivity index (χ0n) is 25.3. The molecule has 0 amide bonds. The minimum absolute atomic E-state index is 0.0275. The molecule has 1 unspecified atom stereocenters. The summed E-state index contributed by atoms with van der Waals surface area (Å²) in [4.78, 5) is 21.1. The number of nitrogens with zero attached hydrogens (tertiary/aromatic N) is 4.